The van der Waals surface area contributed by atoms with Gasteiger partial charge in [-0.1, -0.05) is 18.2 Å². The molecule has 8 heteroatoms. The standard InChI is InChI=1S/C15H12FN5O2/c16-12-4-2-1-3-9(12)7-10-5-6-11(17-10)8-13(22)14(23)15-18-20-21-19-15/h1-6,17H,7-8H2,(H,18,19,20,21). The Kier molecular flexibility index (Phi) is 4.05. The van der Waals surface area contributed by atoms with Gasteiger partial charge in [0.1, 0.15) is 5.82 Å². The van der Waals surface area contributed by atoms with E-state index in [2.05, 4.69) is 25.6 Å². The minimum atomic E-state index is -0.802. The van der Waals surface area contributed by atoms with Crippen LogP contribution in [-0.2, 0) is 17.6 Å². The number of carbonyl (C=O) groups excluding carboxylic acids is 2. The molecule has 3 rings (SSSR count). The molecule has 0 atom stereocenters. The maximum atomic E-state index is 13.6. The molecule has 23 heavy (non-hydrogen) atoms. The first-order valence-electron chi connectivity index (χ1n) is 6.84. The highest BCUT2D eigenvalue weighted by molar-refractivity contribution is 6.42. The van der Waals surface area contributed by atoms with Gasteiger partial charge in [-0.3, -0.25) is 9.59 Å². The van der Waals surface area contributed by atoms with Crippen LogP contribution in [0.25, 0.3) is 0 Å². The smallest absolute Gasteiger partial charge is 0.269 e. The van der Waals surface area contributed by atoms with E-state index in [1.54, 1.807) is 30.3 Å². The molecule has 2 N–H and O–H groups in total. The number of hydrogen-bond acceptors (Lipinski definition) is 5. The Morgan fingerprint density at radius 2 is 1.87 bits per heavy atom. The summed E-state index contributed by atoms with van der Waals surface area (Å²) in [4.78, 5) is 26.7. The van der Waals surface area contributed by atoms with E-state index >= 15 is 0 Å². The topological polar surface area (TPSA) is 104 Å². The molecule has 0 aliphatic heterocycles. The minimum absolute atomic E-state index is 0.107. The van der Waals surface area contributed by atoms with E-state index in [0.717, 1.165) is 5.69 Å². The molecule has 0 fully saturated rings. The van der Waals surface area contributed by atoms with Crippen molar-refractivity contribution in [2.24, 2.45) is 0 Å². The number of benzene rings is 1. The zero-order valence-electron chi connectivity index (χ0n) is 11.9. The summed E-state index contributed by atoms with van der Waals surface area (Å²) in [6.07, 6.45) is 0.268. The van der Waals surface area contributed by atoms with Crippen LogP contribution < -0.4 is 0 Å². The Morgan fingerprint density at radius 3 is 2.61 bits per heavy atom. The van der Waals surface area contributed by atoms with Gasteiger partial charge in [-0.2, -0.15) is 5.21 Å². The van der Waals surface area contributed by atoms with Crippen LogP contribution in [-0.4, -0.2) is 37.2 Å². The predicted molar refractivity (Wildman–Crippen MR) is 77.2 cm³/mol. The average molecular weight is 313 g/mol. The van der Waals surface area contributed by atoms with Gasteiger partial charge in [0, 0.05) is 17.8 Å². The van der Waals surface area contributed by atoms with E-state index < -0.39 is 11.6 Å². The number of tetrazole rings is 1. The quantitative estimate of drug-likeness (QED) is 0.526. The van der Waals surface area contributed by atoms with Gasteiger partial charge >= 0.3 is 0 Å². The molecule has 2 heterocycles. The van der Waals surface area contributed by atoms with Gasteiger partial charge in [0.25, 0.3) is 5.78 Å². The van der Waals surface area contributed by atoms with Crippen molar-refractivity contribution in [1.29, 1.82) is 0 Å². The average Bonchev–Trinajstić information content (AvgIpc) is 3.21. The third kappa shape index (κ3) is 3.37. The fraction of sp³-hybridized carbons (Fsp3) is 0.133. The zero-order chi connectivity index (χ0) is 16.2. The summed E-state index contributed by atoms with van der Waals surface area (Å²) in [6.45, 7) is 0. The van der Waals surface area contributed by atoms with Crippen LogP contribution in [0.5, 0.6) is 0 Å². The number of nitrogens with zero attached hydrogens (tertiary/aromatic N) is 3. The summed E-state index contributed by atoms with van der Waals surface area (Å²) < 4.78 is 13.6. The zero-order valence-corrected chi connectivity index (χ0v) is 11.9. The van der Waals surface area contributed by atoms with Crippen molar-refractivity contribution < 1.29 is 14.0 Å². The van der Waals surface area contributed by atoms with E-state index in [1.165, 1.54) is 6.07 Å². The molecule has 0 aliphatic rings. The molecule has 0 saturated carbocycles. The number of Topliss-reactive ketones (excluding diaryl/α,β-unsaturated/α-hetero) is 2. The lowest BCUT2D eigenvalue weighted by atomic mass is 10.1. The first-order valence-corrected chi connectivity index (χ1v) is 6.84. The third-order valence-corrected chi connectivity index (χ3v) is 3.30. The van der Waals surface area contributed by atoms with E-state index in [-0.39, 0.29) is 18.1 Å². The number of hydrogen-bond donors (Lipinski definition) is 2. The van der Waals surface area contributed by atoms with E-state index in [4.69, 9.17) is 0 Å². The van der Waals surface area contributed by atoms with Crippen LogP contribution in [0.15, 0.2) is 36.4 Å². The Balaban J connectivity index is 1.67. The van der Waals surface area contributed by atoms with Gasteiger partial charge in [0.15, 0.2) is 0 Å². The van der Waals surface area contributed by atoms with Gasteiger partial charge in [0.2, 0.25) is 11.6 Å². The highest BCUT2D eigenvalue weighted by Gasteiger charge is 2.21. The lowest BCUT2D eigenvalue weighted by Gasteiger charge is -2.01. The minimum Gasteiger partial charge on any atom is -0.362 e. The summed E-state index contributed by atoms with van der Waals surface area (Å²) in [5, 5.41) is 12.3. The predicted octanol–water partition coefficient (Wildman–Crippen LogP) is 1.25. The Labute approximate surface area is 129 Å². The van der Waals surface area contributed by atoms with E-state index in [9.17, 15) is 14.0 Å². The molecular formula is C15H12FN5O2. The Hall–Kier alpha value is -3.16. The van der Waals surface area contributed by atoms with E-state index in [0.29, 0.717) is 17.7 Å². The third-order valence-electron chi connectivity index (χ3n) is 3.30. The van der Waals surface area contributed by atoms with Gasteiger partial charge in [-0.15, -0.1) is 10.2 Å². The number of carbonyl (C=O) groups is 2. The lowest BCUT2D eigenvalue weighted by Crippen LogP contribution is -2.18. The van der Waals surface area contributed by atoms with Gasteiger partial charge in [0.05, 0.1) is 6.42 Å². The van der Waals surface area contributed by atoms with Crippen LogP contribution in [0.1, 0.15) is 27.6 Å². The highest BCUT2D eigenvalue weighted by Crippen LogP contribution is 2.13. The molecule has 7 nitrogen and oxygen atoms in total. The molecule has 0 amide bonds. The van der Waals surface area contributed by atoms with Crippen molar-refractivity contribution in [3.8, 4) is 0 Å². The molecule has 0 aliphatic carbocycles. The lowest BCUT2D eigenvalue weighted by molar-refractivity contribution is -0.114. The first kappa shape index (κ1) is 14.8. The second kappa shape index (κ2) is 6.30. The maximum Gasteiger partial charge on any atom is 0.269 e. The fourth-order valence-corrected chi connectivity index (χ4v) is 2.18. The van der Waals surface area contributed by atoms with Crippen LogP contribution in [0.4, 0.5) is 4.39 Å². The number of aromatic nitrogens is 5. The highest BCUT2D eigenvalue weighted by atomic mass is 19.1. The molecule has 3 aromatic rings. The summed E-state index contributed by atoms with van der Waals surface area (Å²) in [7, 11) is 0. The molecule has 0 spiro atoms. The fourth-order valence-electron chi connectivity index (χ4n) is 2.18. The van der Waals surface area contributed by atoms with Gasteiger partial charge in [-0.25, -0.2) is 4.39 Å². The monoisotopic (exact) mass is 313 g/mol. The summed E-state index contributed by atoms with van der Waals surface area (Å²) in [5.74, 6) is -1.99. The molecule has 0 unspecified atom stereocenters. The summed E-state index contributed by atoms with van der Waals surface area (Å²) >= 11 is 0. The number of nitrogens with one attached hydrogen (secondary N) is 2. The SMILES string of the molecule is O=C(Cc1ccc(Cc2ccccc2F)[nH]1)C(=O)c1nn[nH]n1. The van der Waals surface area contributed by atoms with Crippen LogP contribution >= 0.6 is 0 Å². The number of halogens is 1. The normalized spacial score (nSPS) is 10.7. The molecule has 1 aromatic carbocycles. The van der Waals surface area contributed by atoms with Crippen LogP contribution in [0.2, 0.25) is 0 Å². The van der Waals surface area contributed by atoms with Crippen molar-refractivity contribution in [3.05, 3.63) is 65.0 Å². The van der Waals surface area contributed by atoms with Crippen LogP contribution in [0.3, 0.4) is 0 Å². The number of ketones is 2. The van der Waals surface area contributed by atoms with Crippen molar-refractivity contribution in [1.82, 2.24) is 25.6 Å². The Bertz CT molecular complexity index is 841. The van der Waals surface area contributed by atoms with Crippen molar-refractivity contribution >= 4 is 11.6 Å². The van der Waals surface area contributed by atoms with Crippen molar-refractivity contribution in [2.75, 3.05) is 0 Å². The van der Waals surface area contributed by atoms with Crippen molar-refractivity contribution in [2.45, 2.75) is 12.8 Å². The van der Waals surface area contributed by atoms with Crippen LogP contribution in [0, 0.1) is 5.82 Å². The number of rotatable bonds is 6. The molecular weight excluding hydrogens is 301 g/mol. The van der Waals surface area contributed by atoms with Gasteiger partial charge < -0.3 is 4.98 Å². The first-order chi connectivity index (χ1) is 11.1. The number of H-pyrrole nitrogens is 2. The van der Waals surface area contributed by atoms with E-state index in [1.807, 2.05) is 0 Å². The summed E-state index contributed by atoms with van der Waals surface area (Å²) in [6, 6.07) is 9.93. The maximum absolute atomic E-state index is 13.6. The molecule has 0 bridgehead atoms. The Morgan fingerprint density at radius 1 is 1.09 bits per heavy atom. The molecule has 2 aromatic heterocycles. The molecule has 0 saturated heterocycles. The number of aromatic amines is 2. The van der Waals surface area contributed by atoms with Gasteiger partial charge in [-0.05, 0) is 29.0 Å². The summed E-state index contributed by atoms with van der Waals surface area (Å²) in [5.41, 5.74) is 1.87. The molecule has 116 valence electrons. The molecule has 0 radical (unpaired) electrons. The van der Waals surface area contributed by atoms with Crippen molar-refractivity contribution in [3.63, 3.8) is 0 Å². The second-order valence-corrected chi connectivity index (χ2v) is 4.94. The largest absolute Gasteiger partial charge is 0.362 e. The second-order valence-electron chi connectivity index (χ2n) is 4.94.